The van der Waals surface area contributed by atoms with Crippen molar-refractivity contribution in [1.82, 2.24) is 24.5 Å². The van der Waals surface area contributed by atoms with Crippen LogP contribution in [0.1, 0.15) is 15.9 Å². The Morgan fingerprint density at radius 1 is 1.19 bits per heavy atom. The van der Waals surface area contributed by atoms with Crippen LogP contribution in [0, 0.1) is 0 Å². The molecular weight excluding hydrogens is 330 g/mol. The van der Waals surface area contributed by atoms with Gasteiger partial charge in [-0.2, -0.15) is 5.10 Å². The monoisotopic (exact) mass is 355 g/mol. The number of carbonyl (C=O) groups is 2. The standard InChI is InChI=1S/C19H25N5O2/c1-21(2)19(26)17-14-23(12-11-22(17)3)18(25)16-8-5-4-7-15(16)13-24-10-6-9-20-24/h4-10,17H,11-14H2,1-3H3/t17-/m0/s1. The SMILES string of the molecule is CN(C)C(=O)[C@@H]1CN(C(=O)c2ccccc2Cn2cccn2)CCN1C. The number of aromatic nitrogens is 2. The predicted octanol–water partition coefficient (Wildman–Crippen LogP) is 0.776. The first kappa shape index (κ1) is 18.1. The minimum atomic E-state index is -0.305. The average molecular weight is 355 g/mol. The van der Waals surface area contributed by atoms with Gasteiger partial charge in [-0.05, 0) is 24.7 Å². The van der Waals surface area contributed by atoms with E-state index in [4.69, 9.17) is 0 Å². The molecule has 1 aromatic carbocycles. The molecule has 3 rings (SSSR count). The summed E-state index contributed by atoms with van der Waals surface area (Å²) in [5.41, 5.74) is 1.60. The first-order chi connectivity index (χ1) is 12.5. The molecule has 26 heavy (non-hydrogen) atoms. The van der Waals surface area contributed by atoms with Gasteiger partial charge < -0.3 is 9.80 Å². The van der Waals surface area contributed by atoms with Gasteiger partial charge in [0.25, 0.3) is 5.91 Å². The summed E-state index contributed by atoms with van der Waals surface area (Å²) in [4.78, 5) is 31.0. The van der Waals surface area contributed by atoms with Crippen LogP contribution in [0.25, 0.3) is 0 Å². The lowest BCUT2D eigenvalue weighted by atomic mass is 10.0. The van der Waals surface area contributed by atoms with Gasteiger partial charge in [-0.25, -0.2) is 0 Å². The Bertz CT molecular complexity index is 772. The van der Waals surface area contributed by atoms with Crippen molar-refractivity contribution in [1.29, 1.82) is 0 Å². The topological polar surface area (TPSA) is 61.7 Å². The quantitative estimate of drug-likeness (QED) is 0.813. The van der Waals surface area contributed by atoms with Crippen molar-refractivity contribution in [2.24, 2.45) is 0 Å². The summed E-state index contributed by atoms with van der Waals surface area (Å²) in [5.74, 6) is -0.00719. The summed E-state index contributed by atoms with van der Waals surface area (Å²) >= 11 is 0. The number of nitrogens with zero attached hydrogens (tertiary/aromatic N) is 5. The molecule has 0 saturated carbocycles. The molecule has 2 aromatic rings. The van der Waals surface area contributed by atoms with Crippen LogP contribution in [-0.2, 0) is 11.3 Å². The van der Waals surface area contributed by atoms with Gasteiger partial charge in [0.1, 0.15) is 6.04 Å². The van der Waals surface area contributed by atoms with E-state index in [1.165, 1.54) is 0 Å². The van der Waals surface area contributed by atoms with Crippen LogP contribution in [0.15, 0.2) is 42.7 Å². The summed E-state index contributed by atoms with van der Waals surface area (Å²) in [7, 11) is 5.42. The zero-order valence-corrected chi connectivity index (χ0v) is 15.5. The van der Waals surface area contributed by atoms with Crippen molar-refractivity contribution >= 4 is 11.8 Å². The Balaban J connectivity index is 1.80. The Kier molecular flexibility index (Phi) is 5.37. The molecule has 7 heteroatoms. The van der Waals surface area contributed by atoms with Crippen LogP contribution < -0.4 is 0 Å². The lowest BCUT2D eigenvalue weighted by molar-refractivity contribution is -0.135. The van der Waals surface area contributed by atoms with Crippen LogP contribution >= 0.6 is 0 Å². The lowest BCUT2D eigenvalue weighted by Gasteiger charge is -2.39. The number of carbonyl (C=O) groups excluding carboxylic acids is 2. The summed E-state index contributed by atoms with van der Waals surface area (Å²) in [6, 6.07) is 9.16. The van der Waals surface area contributed by atoms with Gasteiger partial charge in [0.05, 0.1) is 6.54 Å². The third kappa shape index (κ3) is 3.77. The molecule has 0 N–H and O–H groups in total. The van der Waals surface area contributed by atoms with Gasteiger partial charge in [-0.3, -0.25) is 19.2 Å². The maximum Gasteiger partial charge on any atom is 0.254 e. The van der Waals surface area contributed by atoms with E-state index in [0.29, 0.717) is 31.7 Å². The van der Waals surface area contributed by atoms with E-state index in [9.17, 15) is 9.59 Å². The zero-order valence-electron chi connectivity index (χ0n) is 15.5. The molecule has 2 heterocycles. The van der Waals surface area contributed by atoms with Crippen molar-refractivity contribution in [3.8, 4) is 0 Å². The fourth-order valence-corrected chi connectivity index (χ4v) is 3.23. The maximum absolute atomic E-state index is 13.1. The molecule has 2 amide bonds. The Morgan fingerprint density at radius 3 is 2.65 bits per heavy atom. The number of amides is 2. The highest BCUT2D eigenvalue weighted by molar-refractivity contribution is 5.96. The maximum atomic E-state index is 13.1. The third-order valence-corrected chi connectivity index (χ3v) is 4.80. The first-order valence-electron chi connectivity index (χ1n) is 8.73. The van der Waals surface area contributed by atoms with Gasteiger partial charge in [0, 0.05) is 51.7 Å². The average Bonchev–Trinajstić information content (AvgIpc) is 3.14. The molecule has 0 spiro atoms. The minimum absolute atomic E-state index is 0.0230. The number of piperazine rings is 1. The van der Waals surface area contributed by atoms with Crippen LogP contribution in [0.2, 0.25) is 0 Å². The van der Waals surface area contributed by atoms with Gasteiger partial charge in [-0.1, -0.05) is 18.2 Å². The molecule has 1 aliphatic rings. The number of hydrogen-bond acceptors (Lipinski definition) is 4. The molecule has 0 aliphatic carbocycles. The van der Waals surface area contributed by atoms with E-state index in [1.807, 2.05) is 48.5 Å². The number of likely N-dealkylation sites (N-methyl/N-ethyl adjacent to an activating group) is 2. The molecule has 1 fully saturated rings. The highest BCUT2D eigenvalue weighted by Crippen LogP contribution is 2.17. The van der Waals surface area contributed by atoms with E-state index >= 15 is 0 Å². The van der Waals surface area contributed by atoms with Crippen molar-refractivity contribution in [3.05, 3.63) is 53.9 Å². The van der Waals surface area contributed by atoms with E-state index in [-0.39, 0.29) is 17.9 Å². The minimum Gasteiger partial charge on any atom is -0.347 e. The van der Waals surface area contributed by atoms with Gasteiger partial charge in [0.2, 0.25) is 5.91 Å². The third-order valence-electron chi connectivity index (χ3n) is 4.80. The van der Waals surface area contributed by atoms with Crippen LogP contribution in [0.3, 0.4) is 0 Å². The molecule has 1 saturated heterocycles. The van der Waals surface area contributed by atoms with E-state index in [1.54, 1.807) is 34.8 Å². The fraction of sp³-hybridized carbons (Fsp3) is 0.421. The van der Waals surface area contributed by atoms with Gasteiger partial charge in [0.15, 0.2) is 0 Å². The van der Waals surface area contributed by atoms with Gasteiger partial charge in [-0.15, -0.1) is 0 Å². The largest absolute Gasteiger partial charge is 0.347 e. The molecule has 1 aromatic heterocycles. The second-order valence-electron chi connectivity index (χ2n) is 6.84. The van der Waals surface area contributed by atoms with Crippen molar-refractivity contribution in [2.45, 2.75) is 12.6 Å². The van der Waals surface area contributed by atoms with Crippen molar-refractivity contribution < 1.29 is 9.59 Å². The van der Waals surface area contributed by atoms with E-state index < -0.39 is 0 Å². The molecule has 7 nitrogen and oxygen atoms in total. The van der Waals surface area contributed by atoms with Gasteiger partial charge >= 0.3 is 0 Å². The highest BCUT2D eigenvalue weighted by atomic mass is 16.2. The smallest absolute Gasteiger partial charge is 0.254 e. The zero-order chi connectivity index (χ0) is 18.7. The van der Waals surface area contributed by atoms with E-state index in [0.717, 1.165) is 5.56 Å². The molecular formula is C19H25N5O2. The van der Waals surface area contributed by atoms with Crippen molar-refractivity contribution in [3.63, 3.8) is 0 Å². The Labute approximate surface area is 153 Å². The summed E-state index contributed by atoms with van der Waals surface area (Å²) in [6.07, 6.45) is 3.60. The van der Waals surface area contributed by atoms with E-state index in [2.05, 4.69) is 5.10 Å². The molecule has 0 bridgehead atoms. The molecule has 1 aliphatic heterocycles. The second kappa shape index (κ2) is 7.70. The number of rotatable bonds is 4. The molecule has 1 atom stereocenters. The summed E-state index contributed by atoms with van der Waals surface area (Å²) in [6.45, 7) is 2.24. The summed E-state index contributed by atoms with van der Waals surface area (Å²) < 4.78 is 1.80. The first-order valence-corrected chi connectivity index (χ1v) is 8.73. The second-order valence-corrected chi connectivity index (χ2v) is 6.84. The van der Waals surface area contributed by atoms with Crippen LogP contribution in [0.5, 0.6) is 0 Å². The molecule has 0 unspecified atom stereocenters. The Morgan fingerprint density at radius 2 is 1.96 bits per heavy atom. The summed E-state index contributed by atoms with van der Waals surface area (Å²) in [5, 5.41) is 4.22. The van der Waals surface area contributed by atoms with Crippen LogP contribution in [0.4, 0.5) is 0 Å². The van der Waals surface area contributed by atoms with Crippen molar-refractivity contribution in [2.75, 3.05) is 40.8 Å². The molecule has 138 valence electrons. The Hall–Kier alpha value is -2.67. The fourth-order valence-electron chi connectivity index (χ4n) is 3.23. The normalized spacial score (nSPS) is 18.0. The highest BCUT2D eigenvalue weighted by Gasteiger charge is 2.33. The number of hydrogen-bond donors (Lipinski definition) is 0. The molecule has 0 radical (unpaired) electrons. The number of benzene rings is 1. The van der Waals surface area contributed by atoms with Crippen LogP contribution in [-0.4, -0.2) is 83.1 Å². The lowest BCUT2D eigenvalue weighted by Crippen LogP contribution is -2.58. The predicted molar refractivity (Wildman–Crippen MR) is 98.8 cm³/mol.